The highest BCUT2D eigenvalue weighted by atomic mass is 127. The highest BCUT2D eigenvalue weighted by molar-refractivity contribution is 14.0. The van der Waals surface area contributed by atoms with E-state index in [0.29, 0.717) is 25.2 Å². The third-order valence-electron chi connectivity index (χ3n) is 5.47. The molecule has 1 fully saturated rings. The Morgan fingerprint density at radius 3 is 2.21 bits per heavy atom. The molecule has 1 heterocycles. The number of aliphatic imine (C=N–C) groups is 1. The number of halogens is 1. The second-order valence-corrected chi connectivity index (χ2v) is 8.08. The number of phenolic OH excluding ortho intramolecular Hbond substituents is 1. The summed E-state index contributed by atoms with van der Waals surface area (Å²) in [7, 11) is 0. The Morgan fingerprint density at radius 1 is 0.909 bits per heavy atom. The smallest absolute Gasteiger partial charge is 0.251 e. The number of phenols is 1. The summed E-state index contributed by atoms with van der Waals surface area (Å²) in [5, 5.41) is 18.7. The third-order valence-corrected chi connectivity index (χ3v) is 5.47. The summed E-state index contributed by atoms with van der Waals surface area (Å²) in [4.78, 5) is 19.3. The van der Waals surface area contributed by atoms with Crippen molar-refractivity contribution in [3.8, 4) is 5.75 Å². The van der Waals surface area contributed by atoms with Crippen molar-refractivity contribution >= 4 is 35.8 Å². The molecule has 2 aromatic rings. The number of nitrogens with one attached hydrogen (secondary N) is 3. The number of rotatable bonds is 9. The van der Waals surface area contributed by atoms with E-state index in [0.717, 1.165) is 19.0 Å². The minimum Gasteiger partial charge on any atom is -0.508 e. The fraction of sp³-hybridized carbons (Fsp3) is 0.440. The predicted molar refractivity (Wildman–Crippen MR) is 144 cm³/mol. The highest BCUT2D eigenvalue weighted by Gasteiger charge is 2.10. The molecule has 0 radical (unpaired) electrons. The van der Waals surface area contributed by atoms with E-state index in [1.165, 1.54) is 55.6 Å². The van der Waals surface area contributed by atoms with Crippen molar-refractivity contribution in [1.29, 1.82) is 0 Å². The van der Waals surface area contributed by atoms with Crippen molar-refractivity contribution in [3.63, 3.8) is 0 Å². The lowest BCUT2D eigenvalue weighted by atomic mass is 10.1. The normalized spacial score (nSPS) is 14.3. The summed E-state index contributed by atoms with van der Waals surface area (Å²) in [6.45, 7) is 7.86. The van der Waals surface area contributed by atoms with Crippen LogP contribution in [0, 0.1) is 0 Å². The zero-order valence-electron chi connectivity index (χ0n) is 19.3. The van der Waals surface area contributed by atoms with Gasteiger partial charge in [0, 0.05) is 31.7 Å². The van der Waals surface area contributed by atoms with E-state index in [1.807, 2.05) is 6.92 Å². The molecule has 0 saturated carbocycles. The summed E-state index contributed by atoms with van der Waals surface area (Å²) in [5.41, 5.74) is 3.05. The number of nitrogens with zero attached hydrogens (tertiary/aromatic N) is 2. The van der Waals surface area contributed by atoms with E-state index in [2.05, 4.69) is 50.1 Å². The number of hydrogen-bond acceptors (Lipinski definition) is 4. The second kappa shape index (κ2) is 14.7. The van der Waals surface area contributed by atoms with Gasteiger partial charge in [-0.15, -0.1) is 24.0 Å². The van der Waals surface area contributed by atoms with Gasteiger partial charge in [0.25, 0.3) is 5.91 Å². The van der Waals surface area contributed by atoms with Gasteiger partial charge in [0.2, 0.25) is 0 Å². The van der Waals surface area contributed by atoms with Crippen LogP contribution in [0.3, 0.4) is 0 Å². The largest absolute Gasteiger partial charge is 0.508 e. The molecular formula is C25H36IN5O2. The minimum atomic E-state index is -0.168. The molecule has 180 valence electrons. The van der Waals surface area contributed by atoms with Gasteiger partial charge in [-0.25, -0.2) is 4.99 Å². The average Bonchev–Trinajstić information content (AvgIpc) is 2.82. The van der Waals surface area contributed by atoms with Crippen LogP contribution >= 0.6 is 24.0 Å². The number of carbonyl (C=O) groups excluding carboxylic acids is 1. The standard InChI is InChI=1S/C25H35N5O2.HI/c1-2-26-25(28-15-14-27-24(32)22-10-12-23(31)13-11-22)29-18-20-6-8-21(9-7-20)19-30-16-4-3-5-17-30;/h6-13,31H,2-5,14-19H2,1H3,(H,27,32)(H2,26,28,29);1H. The molecule has 0 bridgehead atoms. The summed E-state index contributed by atoms with van der Waals surface area (Å²) in [6, 6.07) is 14.9. The Hall–Kier alpha value is -2.33. The molecule has 8 heteroatoms. The van der Waals surface area contributed by atoms with E-state index in [4.69, 9.17) is 0 Å². The maximum absolute atomic E-state index is 12.1. The van der Waals surface area contributed by atoms with Crippen LogP contribution in [0.2, 0.25) is 0 Å². The molecule has 4 N–H and O–H groups in total. The molecule has 1 amide bonds. The Labute approximate surface area is 214 Å². The summed E-state index contributed by atoms with van der Waals surface area (Å²) in [5.74, 6) is 0.702. The van der Waals surface area contributed by atoms with E-state index < -0.39 is 0 Å². The van der Waals surface area contributed by atoms with Crippen LogP contribution in [0.4, 0.5) is 0 Å². The number of hydrogen-bond donors (Lipinski definition) is 4. The SMILES string of the molecule is CCNC(=NCc1ccc(CN2CCCCC2)cc1)NCCNC(=O)c1ccc(O)cc1.I. The van der Waals surface area contributed by atoms with Crippen LogP contribution in [-0.2, 0) is 13.1 Å². The van der Waals surface area contributed by atoms with Crippen molar-refractivity contribution in [2.24, 2.45) is 4.99 Å². The van der Waals surface area contributed by atoms with Gasteiger partial charge < -0.3 is 21.1 Å². The van der Waals surface area contributed by atoms with Gasteiger partial charge in [0.1, 0.15) is 5.75 Å². The fourth-order valence-corrected chi connectivity index (χ4v) is 3.71. The summed E-state index contributed by atoms with van der Waals surface area (Å²) >= 11 is 0. The van der Waals surface area contributed by atoms with Gasteiger partial charge >= 0.3 is 0 Å². The monoisotopic (exact) mass is 565 g/mol. The van der Waals surface area contributed by atoms with E-state index in [-0.39, 0.29) is 35.6 Å². The number of guanidine groups is 1. The first kappa shape index (κ1) is 26.9. The number of carbonyl (C=O) groups is 1. The Morgan fingerprint density at radius 2 is 1.55 bits per heavy atom. The van der Waals surface area contributed by atoms with Gasteiger partial charge in [-0.2, -0.15) is 0 Å². The molecule has 1 aliphatic rings. The molecule has 1 aliphatic heterocycles. The van der Waals surface area contributed by atoms with Crippen molar-refractivity contribution in [1.82, 2.24) is 20.9 Å². The first-order valence-corrected chi connectivity index (χ1v) is 11.5. The molecule has 7 nitrogen and oxygen atoms in total. The van der Waals surface area contributed by atoms with Crippen LogP contribution < -0.4 is 16.0 Å². The molecule has 33 heavy (non-hydrogen) atoms. The van der Waals surface area contributed by atoms with Crippen molar-refractivity contribution in [2.45, 2.75) is 39.3 Å². The van der Waals surface area contributed by atoms with E-state index in [1.54, 1.807) is 12.1 Å². The topological polar surface area (TPSA) is 89.0 Å². The van der Waals surface area contributed by atoms with Crippen LogP contribution in [0.15, 0.2) is 53.5 Å². The zero-order valence-corrected chi connectivity index (χ0v) is 21.7. The maximum Gasteiger partial charge on any atom is 0.251 e. The molecule has 3 rings (SSSR count). The zero-order chi connectivity index (χ0) is 22.6. The molecule has 0 unspecified atom stereocenters. The highest BCUT2D eigenvalue weighted by Crippen LogP contribution is 2.14. The quantitative estimate of drug-likeness (QED) is 0.162. The first-order valence-electron chi connectivity index (χ1n) is 11.5. The van der Waals surface area contributed by atoms with Crippen LogP contribution in [-0.4, -0.2) is 54.6 Å². The Kier molecular flexibility index (Phi) is 12.0. The van der Waals surface area contributed by atoms with E-state index in [9.17, 15) is 9.90 Å². The molecule has 1 saturated heterocycles. The average molecular weight is 566 g/mol. The van der Waals surface area contributed by atoms with Crippen molar-refractivity contribution in [2.75, 3.05) is 32.7 Å². The first-order chi connectivity index (χ1) is 15.6. The van der Waals surface area contributed by atoms with Crippen LogP contribution in [0.25, 0.3) is 0 Å². The molecule has 0 atom stereocenters. The van der Waals surface area contributed by atoms with Crippen molar-refractivity contribution in [3.05, 3.63) is 65.2 Å². The second-order valence-electron chi connectivity index (χ2n) is 8.08. The maximum atomic E-state index is 12.1. The third kappa shape index (κ3) is 9.59. The lowest BCUT2D eigenvalue weighted by molar-refractivity contribution is 0.0954. The lowest BCUT2D eigenvalue weighted by Crippen LogP contribution is -2.41. The molecule has 2 aromatic carbocycles. The van der Waals surface area contributed by atoms with E-state index >= 15 is 0 Å². The number of aromatic hydroxyl groups is 1. The molecule has 0 aromatic heterocycles. The lowest BCUT2D eigenvalue weighted by Gasteiger charge is -2.26. The summed E-state index contributed by atoms with van der Waals surface area (Å²) < 4.78 is 0. The Balaban J connectivity index is 0.00000385. The predicted octanol–water partition coefficient (Wildman–Crippen LogP) is 3.48. The van der Waals surface area contributed by atoms with Gasteiger partial charge in [-0.05, 0) is 68.2 Å². The van der Waals surface area contributed by atoms with Gasteiger partial charge in [-0.1, -0.05) is 30.7 Å². The van der Waals surface area contributed by atoms with Gasteiger partial charge in [0.15, 0.2) is 5.96 Å². The van der Waals surface area contributed by atoms with Crippen LogP contribution in [0.1, 0.15) is 47.7 Å². The molecule has 0 spiro atoms. The molecule has 0 aliphatic carbocycles. The van der Waals surface area contributed by atoms with Crippen LogP contribution in [0.5, 0.6) is 5.75 Å². The van der Waals surface area contributed by atoms with Gasteiger partial charge in [-0.3, -0.25) is 9.69 Å². The van der Waals surface area contributed by atoms with Gasteiger partial charge in [0.05, 0.1) is 6.54 Å². The molecular weight excluding hydrogens is 529 g/mol. The summed E-state index contributed by atoms with van der Waals surface area (Å²) in [6.07, 6.45) is 3.99. The number of benzene rings is 2. The Bertz CT molecular complexity index is 865. The number of likely N-dealkylation sites (tertiary alicyclic amines) is 1. The number of piperidine rings is 1. The number of amides is 1. The minimum absolute atomic E-state index is 0. The fourth-order valence-electron chi connectivity index (χ4n) is 3.71. The van der Waals surface area contributed by atoms with Crippen molar-refractivity contribution < 1.29 is 9.90 Å².